The summed E-state index contributed by atoms with van der Waals surface area (Å²) in [6.45, 7) is 5.32. The van der Waals surface area contributed by atoms with Crippen LogP contribution in [0.1, 0.15) is 25.5 Å². The van der Waals surface area contributed by atoms with E-state index < -0.39 is 0 Å². The van der Waals surface area contributed by atoms with Gasteiger partial charge in [-0.3, -0.25) is 4.98 Å². The fraction of sp³-hybridized carbons (Fsp3) is 0.667. The quantitative estimate of drug-likeness (QED) is 0.752. The molecule has 94 valence electrons. The molecule has 0 bridgehead atoms. The fourth-order valence-corrected chi connectivity index (χ4v) is 1.66. The third kappa shape index (κ3) is 3.94. The standard InChI is InChI=1S/C12H19N3O2/c1-2-4-13-6-10-7-15-12(8-14-10)17-11-3-5-16-9-11/h7-8,11,13H,2-6,9H2,1H3. The van der Waals surface area contributed by atoms with E-state index in [1.165, 1.54) is 0 Å². The Bertz CT molecular complexity index is 323. The molecule has 1 atom stereocenters. The Morgan fingerprint density at radius 3 is 3.06 bits per heavy atom. The van der Waals surface area contributed by atoms with Crippen LogP contribution in [-0.2, 0) is 11.3 Å². The Morgan fingerprint density at radius 2 is 2.41 bits per heavy atom. The largest absolute Gasteiger partial charge is 0.471 e. The molecule has 2 rings (SSSR count). The third-order valence-corrected chi connectivity index (χ3v) is 2.59. The van der Waals surface area contributed by atoms with Crippen LogP contribution in [0.4, 0.5) is 0 Å². The van der Waals surface area contributed by atoms with Crippen molar-refractivity contribution in [3.05, 3.63) is 18.1 Å². The molecule has 1 aliphatic rings. The third-order valence-electron chi connectivity index (χ3n) is 2.59. The molecule has 1 unspecified atom stereocenters. The highest BCUT2D eigenvalue weighted by atomic mass is 16.5. The summed E-state index contributed by atoms with van der Waals surface area (Å²) in [6.07, 6.45) is 5.63. The lowest BCUT2D eigenvalue weighted by atomic mass is 10.3. The van der Waals surface area contributed by atoms with Crippen LogP contribution in [0.5, 0.6) is 5.88 Å². The van der Waals surface area contributed by atoms with E-state index in [0.29, 0.717) is 12.5 Å². The maximum Gasteiger partial charge on any atom is 0.232 e. The lowest BCUT2D eigenvalue weighted by Crippen LogP contribution is -2.17. The highest BCUT2D eigenvalue weighted by Gasteiger charge is 2.17. The van der Waals surface area contributed by atoms with Gasteiger partial charge in [0.05, 0.1) is 31.3 Å². The number of rotatable bonds is 6. The van der Waals surface area contributed by atoms with Crippen molar-refractivity contribution in [3.8, 4) is 5.88 Å². The maximum atomic E-state index is 5.64. The van der Waals surface area contributed by atoms with Gasteiger partial charge in [-0.25, -0.2) is 4.98 Å². The monoisotopic (exact) mass is 237 g/mol. The van der Waals surface area contributed by atoms with Crippen molar-refractivity contribution in [2.75, 3.05) is 19.8 Å². The number of hydrogen-bond acceptors (Lipinski definition) is 5. The molecule has 2 heterocycles. The molecular weight excluding hydrogens is 218 g/mol. The molecule has 1 fully saturated rings. The molecule has 0 amide bonds. The molecule has 0 aromatic carbocycles. The van der Waals surface area contributed by atoms with Gasteiger partial charge in [0.1, 0.15) is 6.10 Å². The second-order valence-electron chi connectivity index (χ2n) is 4.13. The highest BCUT2D eigenvalue weighted by Crippen LogP contribution is 2.13. The van der Waals surface area contributed by atoms with Crippen molar-refractivity contribution in [1.82, 2.24) is 15.3 Å². The fourth-order valence-electron chi connectivity index (χ4n) is 1.66. The Balaban J connectivity index is 1.80. The molecule has 0 aliphatic carbocycles. The van der Waals surface area contributed by atoms with Gasteiger partial charge in [-0.2, -0.15) is 0 Å². The van der Waals surface area contributed by atoms with Crippen molar-refractivity contribution in [3.63, 3.8) is 0 Å². The van der Waals surface area contributed by atoms with Crippen molar-refractivity contribution >= 4 is 0 Å². The van der Waals surface area contributed by atoms with Crippen LogP contribution in [0.2, 0.25) is 0 Å². The molecule has 5 heteroatoms. The average Bonchev–Trinajstić information content (AvgIpc) is 2.85. The van der Waals surface area contributed by atoms with Gasteiger partial charge < -0.3 is 14.8 Å². The van der Waals surface area contributed by atoms with Crippen LogP contribution in [0.3, 0.4) is 0 Å². The SMILES string of the molecule is CCCNCc1cnc(OC2CCOC2)cn1. The summed E-state index contributed by atoms with van der Waals surface area (Å²) >= 11 is 0. The van der Waals surface area contributed by atoms with Crippen LogP contribution in [0, 0.1) is 0 Å². The Labute approximate surface area is 102 Å². The average molecular weight is 237 g/mol. The van der Waals surface area contributed by atoms with Gasteiger partial charge in [-0.1, -0.05) is 6.92 Å². The van der Waals surface area contributed by atoms with E-state index in [1.54, 1.807) is 12.4 Å². The minimum absolute atomic E-state index is 0.133. The first-order valence-electron chi connectivity index (χ1n) is 6.14. The normalized spacial score (nSPS) is 19.5. The van der Waals surface area contributed by atoms with Crippen LogP contribution in [0.25, 0.3) is 0 Å². The summed E-state index contributed by atoms with van der Waals surface area (Å²) in [5.41, 5.74) is 0.938. The number of nitrogens with zero attached hydrogens (tertiary/aromatic N) is 2. The summed E-state index contributed by atoms with van der Waals surface area (Å²) in [5, 5.41) is 3.28. The first kappa shape index (κ1) is 12.3. The smallest absolute Gasteiger partial charge is 0.232 e. The van der Waals surface area contributed by atoms with Crippen molar-refractivity contribution < 1.29 is 9.47 Å². The Morgan fingerprint density at radius 1 is 1.47 bits per heavy atom. The van der Waals surface area contributed by atoms with Gasteiger partial charge in [-0.05, 0) is 13.0 Å². The van der Waals surface area contributed by atoms with E-state index in [2.05, 4.69) is 22.2 Å². The van der Waals surface area contributed by atoms with Crippen molar-refractivity contribution in [2.24, 2.45) is 0 Å². The zero-order chi connectivity index (χ0) is 11.9. The van der Waals surface area contributed by atoms with Gasteiger partial charge in [-0.15, -0.1) is 0 Å². The molecule has 1 aromatic rings. The summed E-state index contributed by atoms with van der Waals surface area (Å²) in [5.74, 6) is 0.583. The predicted molar refractivity (Wildman–Crippen MR) is 63.9 cm³/mol. The summed E-state index contributed by atoms with van der Waals surface area (Å²) < 4.78 is 10.9. The molecule has 0 radical (unpaired) electrons. The Kier molecular flexibility index (Phi) is 4.70. The van der Waals surface area contributed by atoms with E-state index in [9.17, 15) is 0 Å². The number of aromatic nitrogens is 2. The second-order valence-corrected chi connectivity index (χ2v) is 4.13. The van der Waals surface area contributed by atoms with Gasteiger partial charge in [0.25, 0.3) is 0 Å². The minimum Gasteiger partial charge on any atom is -0.471 e. The van der Waals surface area contributed by atoms with Crippen LogP contribution >= 0.6 is 0 Å². The van der Waals surface area contributed by atoms with Gasteiger partial charge in [0.15, 0.2) is 0 Å². The summed E-state index contributed by atoms with van der Waals surface area (Å²) in [6, 6.07) is 0. The van der Waals surface area contributed by atoms with Crippen LogP contribution in [0.15, 0.2) is 12.4 Å². The molecular formula is C12H19N3O2. The van der Waals surface area contributed by atoms with E-state index in [1.807, 2.05) is 0 Å². The molecule has 0 saturated carbocycles. The molecule has 0 spiro atoms. The molecule has 1 saturated heterocycles. The van der Waals surface area contributed by atoms with E-state index in [-0.39, 0.29) is 6.10 Å². The predicted octanol–water partition coefficient (Wildman–Crippen LogP) is 1.14. The summed E-state index contributed by atoms with van der Waals surface area (Å²) in [7, 11) is 0. The number of hydrogen-bond donors (Lipinski definition) is 1. The Hall–Kier alpha value is -1.20. The first-order chi connectivity index (χ1) is 8.38. The molecule has 1 N–H and O–H groups in total. The zero-order valence-electron chi connectivity index (χ0n) is 10.2. The zero-order valence-corrected chi connectivity index (χ0v) is 10.2. The second kappa shape index (κ2) is 6.51. The topological polar surface area (TPSA) is 56.3 Å². The molecule has 5 nitrogen and oxygen atoms in total. The van der Waals surface area contributed by atoms with Gasteiger partial charge in [0.2, 0.25) is 5.88 Å². The van der Waals surface area contributed by atoms with E-state index >= 15 is 0 Å². The lowest BCUT2D eigenvalue weighted by Gasteiger charge is -2.10. The molecule has 17 heavy (non-hydrogen) atoms. The highest BCUT2D eigenvalue weighted by molar-refractivity contribution is 5.07. The van der Waals surface area contributed by atoms with Crippen LogP contribution in [-0.4, -0.2) is 35.8 Å². The number of nitrogens with one attached hydrogen (secondary N) is 1. The first-order valence-corrected chi connectivity index (χ1v) is 6.14. The molecule has 1 aromatic heterocycles. The number of ether oxygens (including phenoxy) is 2. The summed E-state index contributed by atoms with van der Waals surface area (Å²) in [4.78, 5) is 8.54. The van der Waals surface area contributed by atoms with Crippen LogP contribution < -0.4 is 10.1 Å². The maximum absolute atomic E-state index is 5.64. The lowest BCUT2D eigenvalue weighted by molar-refractivity contribution is 0.137. The minimum atomic E-state index is 0.133. The van der Waals surface area contributed by atoms with E-state index in [0.717, 1.165) is 38.2 Å². The van der Waals surface area contributed by atoms with Crippen molar-refractivity contribution in [1.29, 1.82) is 0 Å². The van der Waals surface area contributed by atoms with E-state index in [4.69, 9.17) is 9.47 Å². The van der Waals surface area contributed by atoms with Gasteiger partial charge in [0, 0.05) is 13.0 Å². The van der Waals surface area contributed by atoms with Crippen molar-refractivity contribution in [2.45, 2.75) is 32.4 Å². The molecule has 1 aliphatic heterocycles. The van der Waals surface area contributed by atoms with Gasteiger partial charge >= 0.3 is 0 Å².